The fourth-order valence-corrected chi connectivity index (χ4v) is 1.58. The van der Waals surface area contributed by atoms with Gasteiger partial charge < -0.3 is 4.90 Å². The van der Waals surface area contributed by atoms with Crippen LogP contribution in [-0.2, 0) is 0 Å². The van der Waals surface area contributed by atoms with Gasteiger partial charge in [0.2, 0.25) is 0 Å². The Hall–Kier alpha value is -0.710. The highest BCUT2D eigenvalue weighted by Gasteiger charge is 2.26. The SMILES string of the molecule is CC[C@H]1C[C@H](C)N(C#N)C1. The molecular weight excluding hydrogens is 124 g/mol. The van der Waals surface area contributed by atoms with E-state index in [-0.39, 0.29) is 0 Å². The minimum absolute atomic E-state index is 0.481. The molecule has 1 aliphatic rings. The van der Waals surface area contributed by atoms with Gasteiger partial charge in [-0.15, -0.1) is 0 Å². The molecule has 0 aromatic heterocycles. The first kappa shape index (κ1) is 7.40. The molecule has 0 radical (unpaired) electrons. The third-order valence-corrected chi connectivity index (χ3v) is 2.37. The predicted molar refractivity (Wildman–Crippen MR) is 40.2 cm³/mol. The summed E-state index contributed by atoms with van der Waals surface area (Å²) in [6.45, 7) is 5.30. The van der Waals surface area contributed by atoms with Crippen molar-refractivity contribution in [3.05, 3.63) is 0 Å². The molecule has 0 bridgehead atoms. The molecule has 10 heavy (non-hydrogen) atoms. The Balaban J connectivity index is 2.46. The summed E-state index contributed by atoms with van der Waals surface area (Å²) in [7, 11) is 0. The lowest BCUT2D eigenvalue weighted by molar-refractivity contribution is 0.382. The monoisotopic (exact) mass is 138 g/mol. The van der Waals surface area contributed by atoms with Crippen molar-refractivity contribution in [2.24, 2.45) is 5.92 Å². The summed E-state index contributed by atoms with van der Waals surface area (Å²) in [5.41, 5.74) is 0. The Kier molecular flexibility index (Phi) is 2.16. The van der Waals surface area contributed by atoms with Crippen molar-refractivity contribution in [3.8, 4) is 6.19 Å². The van der Waals surface area contributed by atoms with Gasteiger partial charge in [0.05, 0.1) is 0 Å². The summed E-state index contributed by atoms with van der Waals surface area (Å²) >= 11 is 0. The van der Waals surface area contributed by atoms with E-state index in [0.717, 1.165) is 12.5 Å². The molecule has 1 aliphatic heterocycles. The van der Waals surface area contributed by atoms with E-state index in [1.807, 2.05) is 4.90 Å². The van der Waals surface area contributed by atoms with E-state index < -0.39 is 0 Å². The third-order valence-electron chi connectivity index (χ3n) is 2.37. The van der Waals surface area contributed by atoms with Crippen LogP contribution in [0.2, 0.25) is 0 Å². The molecule has 0 spiro atoms. The summed E-state index contributed by atoms with van der Waals surface area (Å²) in [6, 6.07) is 0.481. The van der Waals surface area contributed by atoms with Crippen LogP contribution in [0.1, 0.15) is 26.7 Å². The van der Waals surface area contributed by atoms with Gasteiger partial charge in [-0.05, 0) is 19.3 Å². The van der Waals surface area contributed by atoms with Crippen molar-refractivity contribution >= 4 is 0 Å². The molecule has 0 aliphatic carbocycles. The van der Waals surface area contributed by atoms with Gasteiger partial charge in [-0.2, -0.15) is 5.26 Å². The quantitative estimate of drug-likeness (QED) is 0.514. The molecule has 0 amide bonds. The molecule has 0 aromatic rings. The lowest BCUT2D eigenvalue weighted by Crippen LogP contribution is -2.20. The predicted octanol–water partition coefficient (Wildman–Crippen LogP) is 1.59. The number of hydrogen-bond acceptors (Lipinski definition) is 2. The number of nitriles is 1. The first-order chi connectivity index (χ1) is 4.77. The molecule has 1 saturated heterocycles. The van der Waals surface area contributed by atoms with Gasteiger partial charge in [0.25, 0.3) is 0 Å². The molecule has 0 N–H and O–H groups in total. The Morgan fingerprint density at radius 3 is 2.70 bits per heavy atom. The van der Waals surface area contributed by atoms with Crippen molar-refractivity contribution in [2.75, 3.05) is 6.54 Å². The van der Waals surface area contributed by atoms with E-state index >= 15 is 0 Å². The van der Waals surface area contributed by atoms with Crippen LogP contribution in [0, 0.1) is 17.4 Å². The molecule has 1 fully saturated rings. The normalized spacial score (nSPS) is 32.3. The van der Waals surface area contributed by atoms with Crippen LogP contribution >= 0.6 is 0 Å². The molecule has 0 aromatic carbocycles. The molecule has 56 valence electrons. The topological polar surface area (TPSA) is 27.0 Å². The fraction of sp³-hybridized carbons (Fsp3) is 0.875. The first-order valence-electron chi connectivity index (χ1n) is 3.94. The highest BCUT2D eigenvalue weighted by atomic mass is 15.2. The molecular formula is C8H14N2. The van der Waals surface area contributed by atoms with Gasteiger partial charge in [-0.1, -0.05) is 13.3 Å². The van der Waals surface area contributed by atoms with Gasteiger partial charge in [0.1, 0.15) is 0 Å². The second-order valence-electron chi connectivity index (χ2n) is 3.11. The van der Waals surface area contributed by atoms with Crippen LogP contribution in [0.15, 0.2) is 0 Å². The summed E-state index contributed by atoms with van der Waals surface area (Å²) in [5.74, 6) is 0.759. The van der Waals surface area contributed by atoms with Crippen molar-refractivity contribution in [2.45, 2.75) is 32.7 Å². The minimum atomic E-state index is 0.481. The van der Waals surface area contributed by atoms with Crippen LogP contribution < -0.4 is 0 Å². The van der Waals surface area contributed by atoms with Gasteiger partial charge >= 0.3 is 0 Å². The lowest BCUT2D eigenvalue weighted by atomic mass is 10.0. The lowest BCUT2D eigenvalue weighted by Gasteiger charge is -2.11. The summed E-state index contributed by atoms with van der Waals surface area (Å²) in [5, 5.41) is 8.63. The Morgan fingerprint density at radius 1 is 1.70 bits per heavy atom. The van der Waals surface area contributed by atoms with Gasteiger partial charge in [0, 0.05) is 12.6 Å². The maximum atomic E-state index is 8.63. The van der Waals surface area contributed by atoms with Crippen LogP contribution in [0.25, 0.3) is 0 Å². The zero-order chi connectivity index (χ0) is 7.56. The Bertz CT molecular complexity index is 148. The summed E-state index contributed by atoms with van der Waals surface area (Å²) in [6.07, 6.45) is 4.62. The second-order valence-corrected chi connectivity index (χ2v) is 3.11. The third kappa shape index (κ3) is 1.23. The molecule has 2 heteroatoms. The van der Waals surface area contributed by atoms with E-state index in [0.29, 0.717) is 6.04 Å². The van der Waals surface area contributed by atoms with E-state index in [4.69, 9.17) is 5.26 Å². The van der Waals surface area contributed by atoms with Crippen molar-refractivity contribution in [1.29, 1.82) is 5.26 Å². The van der Waals surface area contributed by atoms with Gasteiger partial charge in [-0.3, -0.25) is 0 Å². The molecule has 0 saturated carbocycles. The average molecular weight is 138 g/mol. The van der Waals surface area contributed by atoms with Crippen molar-refractivity contribution in [3.63, 3.8) is 0 Å². The average Bonchev–Trinajstić information content (AvgIpc) is 2.30. The largest absolute Gasteiger partial charge is 0.308 e. The van der Waals surface area contributed by atoms with Crippen LogP contribution in [0.5, 0.6) is 0 Å². The first-order valence-corrected chi connectivity index (χ1v) is 3.94. The van der Waals surface area contributed by atoms with Gasteiger partial charge in [-0.25, -0.2) is 0 Å². The second kappa shape index (κ2) is 2.92. The fourth-order valence-electron chi connectivity index (χ4n) is 1.58. The van der Waals surface area contributed by atoms with Gasteiger partial charge in [0.15, 0.2) is 6.19 Å². The zero-order valence-electron chi connectivity index (χ0n) is 6.67. The van der Waals surface area contributed by atoms with E-state index in [2.05, 4.69) is 20.0 Å². The maximum absolute atomic E-state index is 8.63. The number of likely N-dealkylation sites (tertiary alicyclic amines) is 1. The van der Waals surface area contributed by atoms with Crippen molar-refractivity contribution in [1.82, 2.24) is 4.90 Å². The molecule has 0 unspecified atom stereocenters. The standard InChI is InChI=1S/C8H14N2/c1-3-8-4-7(2)10(5-8)6-9/h7-8H,3-5H2,1-2H3/t7-,8-/m0/s1. The zero-order valence-corrected chi connectivity index (χ0v) is 6.67. The summed E-state index contributed by atoms with van der Waals surface area (Å²) < 4.78 is 0. The number of nitrogens with zero attached hydrogens (tertiary/aromatic N) is 2. The maximum Gasteiger partial charge on any atom is 0.179 e. The Labute approximate surface area is 62.4 Å². The minimum Gasteiger partial charge on any atom is -0.308 e. The Morgan fingerprint density at radius 2 is 2.40 bits per heavy atom. The number of rotatable bonds is 1. The number of hydrogen-bond donors (Lipinski definition) is 0. The molecule has 1 heterocycles. The van der Waals surface area contributed by atoms with E-state index in [9.17, 15) is 0 Å². The van der Waals surface area contributed by atoms with Crippen molar-refractivity contribution < 1.29 is 0 Å². The van der Waals surface area contributed by atoms with Crippen LogP contribution in [0.3, 0.4) is 0 Å². The molecule has 2 nitrogen and oxygen atoms in total. The molecule has 2 atom stereocenters. The molecule has 1 rings (SSSR count). The highest BCUT2D eigenvalue weighted by Crippen LogP contribution is 2.23. The van der Waals surface area contributed by atoms with E-state index in [1.54, 1.807) is 0 Å². The van der Waals surface area contributed by atoms with Crippen LogP contribution in [0.4, 0.5) is 0 Å². The highest BCUT2D eigenvalue weighted by molar-refractivity contribution is 4.89. The summed E-state index contributed by atoms with van der Waals surface area (Å²) in [4.78, 5) is 1.88. The smallest absolute Gasteiger partial charge is 0.179 e. The van der Waals surface area contributed by atoms with E-state index in [1.165, 1.54) is 12.8 Å². The van der Waals surface area contributed by atoms with Crippen LogP contribution in [-0.4, -0.2) is 17.5 Å².